The molecule has 0 saturated carbocycles. The molecule has 2 aromatic carbocycles. The van der Waals surface area contributed by atoms with Gasteiger partial charge in [0.2, 0.25) is 5.91 Å². The standard InChI is InChI=1S/C25H29FN2O/c1-2-3-7-16-28(25(29)18-21-9-5-4-6-10-21)20-24-11-8-17-27(24)19-22-12-14-23(26)15-13-22/h4-6,8-15,17H,2-3,7,16,18-20H2,1H3. The van der Waals surface area contributed by atoms with E-state index in [0.29, 0.717) is 19.5 Å². The van der Waals surface area contributed by atoms with Crippen LogP contribution in [0.25, 0.3) is 0 Å². The summed E-state index contributed by atoms with van der Waals surface area (Å²) in [5.41, 5.74) is 3.17. The SMILES string of the molecule is CCCCCN(Cc1cccn1Cc1ccc(F)cc1)C(=O)Cc1ccccc1. The molecule has 0 fully saturated rings. The van der Waals surface area contributed by atoms with Crippen molar-refractivity contribution in [3.8, 4) is 0 Å². The summed E-state index contributed by atoms with van der Waals surface area (Å²) < 4.78 is 15.3. The highest BCUT2D eigenvalue weighted by Gasteiger charge is 2.16. The van der Waals surface area contributed by atoms with Gasteiger partial charge in [-0.1, -0.05) is 62.2 Å². The van der Waals surface area contributed by atoms with Gasteiger partial charge in [-0.15, -0.1) is 0 Å². The zero-order valence-corrected chi connectivity index (χ0v) is 17.1. The molecule has 1 amide bonds. The number of hydrogen-bond acceptors (Lipinski definition) is 1. The third-order valence-electron chi connectivity index (χ3n) is 5.13. The van der Waals surface area contributed by atoms with Crippen molar-refractivity contribution in [3.05, 3.63) is 95.6 Å². The van der Waals surface area contributed by atoms with Gasteiger partial charge in [0.1, 0.15) is 5.82 Å². The van der Waals surface area contributed by atoms with Crippen molar-refractivity contribution in [3.63, 3.8) is 0 Å². The van der Waals surface area contributed by atoms with E-state index in [-0.39, 0.29) is 11.7 Å². The van der Waals surface area contributed by atoms with Crippen molar-refractivity contribution in [1.82, 2.24) is 9.47 Å². The zero-order valence-electron chi connectivity index (χ0n) is 17.1. The van der Waals surface area contributed by atoms with Crippen molar-refractivity contribution < 1.29 is 9.18 Å². The van der Waals surface area contributed by atoms with Crippen LogP contribution in [0.15, 0.2) is 72.9 Å². The number of carbonyl (C=O) groups is 1. The maximum atomic E-state index is 13.2. The smallest absolute Gasteiger partial charge is 0.227 e. The van der Waals surface area contributed by atoms with Crippen LogP contribution in [0.1, 0.15) is 43.0 Å². The largest absolute Gasteiger partial charge is 0.345 e. The molecule has 0 N–H and O–H groups in total. The van der Waals surface area contributed by atoms with Gasteiger partial charge in [-0.25, -0.2) is 4.39 Å². The molecular formula is C25H29FN2O. The minimum absolute atomic E-state index is 0.154. The minimum atomic E-state index is -0.227. The zero-order chi connectivity index (χ0) is 20.5. The molecule has 1 heterocycles. The van der Waals surface area contributed by atoms with Crippen LogP contribution in [-0.2, 0) is 24.3 Å². The third-order valence-corrected chi connectivity index (χ3v) is 5.13. The molecule has 3 aromatic rings. The molecule has 4 heteroatoms. The van der Waals surface area contributed by atoms with Crippen LogP contribution in [-0.4, -0.2) is 21.9 Å². The third kappa shape index (κ3) is 6.31. The Balaban J connectivity index is 1.71. The molecule has 0 aliphatic carbocycles. The predicted molar refractivity (Wildman–Crippen MR) is 115 cm³/mol. The summed E-state index contributed by atoms with van der Waals surface area (Å²) in [4.78, 5) is 15.0. The van der Waals surface area contributed by atoms with Crippen molar-refractivity contribution >= 4 is 5.91 Å². The number of hydrogen-bond donors (Lipinski definition) is 0. The van der Waals surface area contributed by atoms with Crippen LogP contribution in [0.4, 0.5) is 4.39 Å². The van der Waals surface area contributed by atoms with E-state index in [2.05, 4.69) is 17.6 Å². The van der Waals surface area contributed by atoms with Gasteiger partial charge in [0, 0.05) is 25.0 Å². The number of carbonyl (C=O) groups excluding carboxylic acids is 1. The lowest BCUT2D eigenvalue weighted by atomic mass is 10.1. The predicted octanol–water partition coefficient (Wildman–Crippen LogP) is 5.44. The molecule has 0 aliphatic heterocycles. The van der Waals surface area contributed by atoms with Crippen LogP contribution in [0, 0.1) is 5.82 Å². The molecule has 152 valence electrons. The van der Waals surface area contributed by atoms with Gasteiger partial charge < -0.3 is 9.47 Å². The van der Waals surface area contributed by atoms with Gasteiger partial charge >= 0.3 is 0 Å². The molecule has 0 bridgehead atoms. The molecule has 0 spiro atoms. The molecule has 29 heavy (non-hydrogen) atoms. The Hall–Kier alpha value is -2.88. The van der Waals surface area contributed by atoms with Crippen LogP contribution in [0.3, 0.4) is 0 Å². The van der Waals surface area contributed by atoms with E-state index in [1.807, 2.05) is 47.5 Å². The molecule has 1 aromatic heterocycles. The summed E-state index contributed by atoms with van der Waals surface area (Å²) >= 11 is 0. The highest BCUT2D eigenvalue weighted by molar-refractivity contribution is 5.78. The summed E-state index contributed by atoms with van der Waals surface area (Å²) in [5, 5.41) is 0. The average Bonchev–Trinajstić information content (AvgIpc) is 3.16. The Labute approximate surface area is 172 Å². The number of benzene rings is 2. The molecule has 3 nitrogen and oxygen atoms in total. The number of nitrogens with zero attached hydrogens (tertiary/aromatic N) is 2. The van der Waals surface area contributed by atoms with Crippen LogP contribution in [0.2, 0.25) is 0 Å². The average molecular weight is 393 g/mol. The van der Waals surface area contributed by atoms with Crippen molar-refractivity contribution in [1.29, 1.82) is 0 Å². The van der Waals surface area contributed by atoms with E-state index in [4.69, 9.17) is 0 Å². The van der Waals surface area contributed by atoms with E-state index >= 15 is 0 Å². The number of rotatable bonds is 10. The fraction of sp³-hybridized carbons (Fsp3) is 0.320. The van der Waals surface area contributed by atoms with Gasteiger partial charge in [0.25, 0.3) is 0 Å². The van der Waals surface area contributed by atoms with E-state index < -0.39 is 0 Å². The summed E-state index contributed by atoms with van der Waals surface area (Å²) in [7, 11) is 0. The van der Waals surface area contributed by atoms with Crippen LogP contribution >= 0.6 is 0 Å². The molecule has 0 aliphatic rings. The second-order valence-corrected chi connectivity index (χ2v) is 7.44. The van der Waals surface area contributed by atoms with E-state index in [0.717, 1.165) is 42.6 Å². The Kier molecular flexibility index (Phi) is 7.62. The molecular weight excluding hydrogens is 363 g/mol. The summed E-state index contributed by atoms with van der Waals surface area (Å²) in [6.45, 7) is 4.19. The quantitative estimate of drug-likeness (QED) is 0.422. The molecule has 0 unspecified atom stereocenters. The van der Waals surface area contributed by atoms with Gasteiger partial charge in [-0.05, 0) is 41.8 Å². The van der Waals surface area contributed by atoms with Gasteiger partial charge in [-0.3, -0.25) is 4.79 Å². The fourth-order valence-corrected chi connectivity index (χ4v) is 3.46. The highest BCUT2D eigenvalue weighted by Crippen LogP contribution is 2.14. The maximum absolute atomic E-state index is 13.2. The number of unbranched alkanes of at least 4 members (excludes halogenated alkanes) is 2. The topological polar surface area (TPSA) is 25.2 Å². The summed E-state index contributed by atoms with van der Waals surface area (Å²) in [5.74, 6) is -0.0723. The lowest BCUT2D eigenvalue weighted by Gasteiger charge is -2.24. The van der Waals surface area contributed by atoms with Gasteiger partial charge in [0.15, 0.2) is 0 Å². The Morgan fingerprint density at radius 3 is 2.41 bits per heavy atom. The first-order valence-corrected chi connectivity index (χ1v) is 10.4. The minimum Gasteiger partial charge on any atom is -0.345 e. The molecule has 0 saturated heterocycles. The number of halogens is 1. The molecule has 3 rings (SSSR count). The second kappa shape index (κ2) is 10.6. The monoisotopic (exact) mass is 392 g/mol. The lowest BCUT2D eigenvalue weighted by Crippen LogP contribution is -2.33. The second-order valence-electron chi connectivity index (χ2n) is 7.44. The fourth-order valence-electron chi connectivity index (χ4n) is 3.46. The normalized spacial score (nSPS) is 10.8. The van der Waals surface area contributed by atoms with Crippen molar-refractivity contribution in [2.45, 2.75) is 45.7 Å². The first-order valence-electron chi connectivity index (χ1n) is 10.4. The van der Waals surface area contributed by atoms with E-state index in [9.17, 15) is 9.18 Å². The van der Waals surface area contributed by atoms with Crippen LogP contribution in [0.5, 0.6) is 0 Å². The van der Waals surface area contributed by atoms with Crippen molar-refractivity contribution in [2.75, 3.05) is 6.54 Å². The highest BCUT2D eigenvalue weighted by atomic mass is 19.1. The van der Waals surface area contributed by atoms with Gasteiger partial charge in [-0.2, -0.15) is 0 Å². The van der Waals surface area contributed by atoms with Gasteiger partial charge in [0.05, 0.1) is 13.0 Å². The Bertz CT molecular complexity index is 887. The van der Waals surface area contributed by atoms with E-state index in [1.54, 1.807) is 12.1 Å². The Morgan fingerprint density at radius 2 is 1.69 bits per heavy atom. The maximum Gasteiger partial charge on any atom is 0.227 e. The lowest BCUT2D eigenvalue weighted by molar-refractivity contribution is -0.131. The summed E-state index contributed by atoms with van der Waals surface area (Å²) in [6, 6.07) is 20.6. The molecule has 0 atom stereocenters. The summed E-state index contributed by atoms with van der Waals surface area (Å²) in [6.07, 6.45) is 5.69. The Morgan fingerprint density at radius 1 is 0.931 bits per heavy atom. The number of aromatic nitrogens is 1. The number of amides is 1. The van der Waals surface area contributed by atoms with Crippen LogP contribution < -0.4 is 0 Å². The first-order chi connectivity index (χ1) is 14.2. The molecule has 0 radical (unpaired) electrons. The van der Waals surface area contributed by atoms with Crippen molar-refractivity contribution in [2.24, 2.45) is 0 Å². The van der Waals surface area contributed by atoms with E-state index in [1.165, 1.54) is 12.1 Å². The first kappa shape index (κ1) is 20.8.